The molecule has 0 amide bonds. The van der Waals surface area contributed by atoms with Crippen LogP contribution < -0.4 is 0 Å². The highest BCUT2D eigenvalue weighted by atomic mass is 127. The third kappa shape index (κ3) is 3.32. The third-order valence-electron chi connectivity index (χ3n) is 2.55. The van der Waals surface area contributed by atoms with Crippen LogP contribution in [-0.4, -0.2) is 68.5 Å². The number of carbonyl (C=O) groups excluding carboxylic acids is 1. The molecule has 0 fully saturated rings. The van der Waals surface area contributed by atoms with E-state index in [-0.39, 0.29) is 10.2 Å². The summed E-state index contributed by atoms with van der Waals surface area (Å²) in [4.78, 5) is 11.3. The maximum absolute atomic E-state index is 11.3. The molecule has 0 saturated heterocycles. The Hall–Kier alpha value is -0.420. The van der Waals surface area contributed by atoms with Gasteiger partial charge in [-0.05, 0) is 6.08 Å². The number of ether oxygens (including phenoxy) is 2. The predicted molar refractivity (Wildman–Crippen MR) is 67.9 cm³/mol. The topological polar surface area (TPSA) is 116 Å². The Morgan fingerprint density at radius 2 is 2.17 bits per heavy atom. The summed E-state index contributed by atoms with van der Waals surface area (Å²) < 4.78 is 9.69. The first-order valence-corrected chi connectivity index (χ1v) is 6.70. The fourth-order valence-corrected chi connectivity index (χ4v) is 2.02. The van der Waals surface area contributed by atoms with Gasteiger partial charge in [-0.3, -0.25) is 0 Å². The van der Waals surface area contributed by atoms with E-state index in [9.17, 15) is 25.2 Å². The van der Waals surface area contributed by atoms with E-state index in [1.807, 2.05) is 22.6 Å². The summed E-state index contributed by atoms with van der Waals surface area (Å²) in [6, 6.07) is 0. The van der Waals surface area contributed by atoms with Gasteiger partial charge in [0.05, 0.1) is 13.2 Å². The quantitative estimate of drug-likeness (QED) is 0.264. The van der Waals surface area contributed by atoms with Gasteiger partial charge in [-0.2, -0.15) is 0 Å². The summed E-state index contributed by atoms with van der Waals surface area (Å²) in [6.45, 7) is 0. The second-order valence-corrected chi connectivity index (χ2v) is 4.68. The molecule has 1 aliphatic rings. The van der Waals surface area contributed by atoms with Gasteiger partial charge in [0.1, 0.15) is 18.3 Å². The zero-order valence-electron chi connectivity index (χ0n) is 9.56. The maximum atomic E-state index is 11.3. The average Bonchev–Trinajstić information content (AvgIpc) is 2.38. The Labute approximate surface area is 117 Å². The normalized spacial score (nSPS) is 31.0. The molecule has 1 aliphatic heterocycles. The summed E-state index contributed by atoms with van der Waals surface area (Å²) in [5.41, 5.74) is 0. The lowest BCUT2D eigenvalue weighted by molar-refractivity contribution is -0.161. The first kappa shape index (κ1) is 15.6. The van der Waals surface area contributed by atoms with E-state index >= 15 is 0 Å². The van der Waals surface area contributed by atoms with E-state index in [2.05, 4.69) is 4.74 Å². The number of aliphatic hydroxyl groups excluding tert-OH is 4. The molecule has 0 unspecified atom stereocenters. The molecule has 0 aromatic rings. The second-order valence-electron chi connectivity index (χ2n) is 3.80. The van der Waals surface area contributed by atoms with Crippen molar-refractivity contribution in [2.75, 3.05) is 11.5 Å². The minimum atomic E-state index is -1.44. The van der Waals surface area contributed by atoms with Crippen LogP contribution in [0.1, 0.15) is 0 Å². The van der Waals surface area contributed by atoms with Crippen molar-refractivity contribution in [3.8, 4) is 0 Å². The van der Waals surface area contributed by atoms with Gasteiger partial charge >= 0.3 is 5.97 Å². The summed E-state index contributed by atoms with van der Waals surface area (Å²) in [6.07, 6.45) is -5.70. The molecule has 0 bridgehead atoms. The molecule has 0 saturated carbocycles. The molecular weight excluding hydrogens is 359 g/mol. The molecular formula is C10H15IO7. The average molecular weight is 374 g/mol. The molecule has 0 aromatic carbocycles. The summed E-state index contributed by atoms with van der Waals surface area (Å²) in [5, 5.41) is 38.5. The number of rotatable bonds is 4. The van der Waals surface area contributed by atoms with Gasteiger partial charge in [0, 0.05) is 4.43 Å². The van der Waals surface area contributed by atoms with Crippen molar-refractivity contribution in [3.63, 3.8) is 0 Å². The zero-order chi connectivity index (χ0) is 13.9. The molecule has 7 nitrogen and oxygen atoms in total. The van der Waals surface area contributed by atoms with Crippen LogP contribution in [0.2, 0.25) is 0 Å². The summed E-state index contributed by atoms with van der Waals surface area (Å²) >= 11 is 1.85. The molecule has 1 heterocycles. The molecule has 104 valence electrons. The van der Waals surface area contributed by atoms with Crippen molar-refractivity contribution in [3.05, 3.63) is 11.8 Å². The van der Waals surface area contributed by atoms with Crippen molar-refractivity contribution >= 4 is 28.6 Å². The minimum absolute atomic E-state index is 0.207. The van der Waals surface area contributed by atoms with Gasteiger partial charge in [-0.15, -0.1) is 0 Å². The van der Waals surface area contributed by atoms with Crippen LogP contribution in [0.15, 0.2) is 11.8 Å². The van der Waals surface area contributed by atoms with Crippen LogP contribution in [0.5, 0.6) is 0 Å². The molecule has 8 heteroatoms. The molecule has 1 rings (SSSR count). The second kappa shape index (κ2) is 6.66. The Morgan fingerprint density at radius 1 is 1.56 bits per heavy atom. The molecule has 5 atom stereocenters. The van der Waals surface area contributed by atoms with Gasteiger partial charge < -0.3 is 29.9 Å². The highest BCUT2D eigenvalue weighted by Gasteiger charge is 2.41. The van der Waals surface area contributed by atoms with Crippen LogP contribution >= 0.6 is 22.6 Å². The van der Waals surface area contributed by atoms with Gasteiger partial charge in [-0.25, -0.2) is 4.79 Å². The molecule has 4 N–H and O–H groups in total. The van der Waals surface area contributed by atoms with Gasteiger partial charge in [0.25, 0.3) is 0 Å². The van der Waals surface area contributed by atoms with Crippen LogP contribution in [-0.2, 0) is 14.3 Å². The monoisotopic (exact) mass is 374 g/mol. The van der Waals surface area contributed by atoms with Crippen LogP contribution in [0, 0.1) is 0 Å². The van der Waals surface area contributed by atoms with Crippen molar-refractivity contribution in [2.45, 2.75) is 30.5 Å². The van der Waals surface area contributed by atoms with Crippen molar-refractivity contribution < 1.29 is 34.7 Å². The fraction of sp³-hybridized carbons (Fsp3) is 0.700. The molecule has 0 spiro atoms. The number of carbonyl (C=O) groups is 1. The SMILES string of the molecule is COC(=O)C1=C[C@H](O)[C@@H](O)[C@H]([C@H](O)[C@H](O)CI)O1. The predicted octanol–water partition coefficient (Wildman–Crippen LogP) is -1.68. The smallest absolute Gasteiger partial charge is 0.373 e. The van der Waals surface area contributed by atoms with Crippen LogP contribution in [0.4, 0.5) is 0 Å². The largest absolute Gasteiger partial charge is 0.478 e. The number of methoxy groups -OCH3 is 1. The summed E-state index contributed by atoms with van der Waals surface area (Å²) in [7, 11) is 1.13. The lowest BCUT2D eigenvalue weighted by atomic mass is 9.97. The number of esters is 1. The van der Waals surface area contributed by atoms with E-state index in [0.29, 0.717) is 0 Å². The Balaban J connectivity index is 2.88. The Morgan fingerprint density at radius 3 is 2.67 bits per heavy atom. The van der Waals surface area contributed by atoms with E-state index in [4.69, 9.17) is 4.74 Å². The molecule has 0 radical (unpaired) electrons. The van der Waals surface area contributed by atoms with E-state index in [1.54, 1.807) is 0 Å². The third-order valence-corrected chi connectivity index (χ3v) is 3.45. The molecule has 0 aliphatic carbocycles. The Kier molecular flexibility index (Phi) is 5.79. The lowest BCUT2D eigenvalue weighted by Crippen LogP contribution is -2.53. The highest BCUT2D eigenvalue weighted by molar-refractivity contribution is 14.1. The molecule has 0 aromatic heterocycles. The van der Waals surface area contributed by atoms with Crippen LogP contribution in [0.3, 0.4) is 0 Å². The first-order chi connectivity index (χ1) is 8.42. The first-order valence-electron chi connectivity index (χ1n) is 5.17. The number of alkyl halides is 1. The number of hydrogen-bond donors (Lipinski definition) is 4. The molecule has 18 heavy (non-hydrogen) atoms. The zero-order valence-corrected chi connectivity index (χ0v) is 11.7. The van der Waals surface area contributed by atoms with Crippen molar-refractivity contribution in [1.29, 1.82) is 0 Å². The van der Waals surface area contributed by atoms with E-state index in [1.165, 1.54) is 0 Å². The minimum Gasteiger partial charge on any atom is -0.478 e. The van der Waals surface area contributed by atoms with E-state index in [0.717, 1.165) is 13.2 Å². The lowest BCUT2D eigenvalue weighted by Gasteiger charge is -2.35. The fourth-order valence-electron chi connectivity index (χ4n) is 1.50. The van der Waals surface area contributed by atoms with Gasteiger partial charge in [0.2, 0.25) is 5.76 Å². The van der Waals surface area contributed by atoms with Crippen molar-refractivity contribution in [1.82, 2.24) is 0 Å². The van der Waals surface area contributed by atoms with Gasteiger partial charge in [-0.1, -0.05) is 22.6 Å². The number of aliphatic hydroxyl groups is 4. The van der Waals surface area contributed by atoms with Crippen molar-refractivity contribution in [2.24, 2.45) is 0 Å². The maximum Gasteiger partial charge on any atom is 0.373 e. The highest BCUT2D eigenvalue weighted by Crippen LogP contribution is 2.23. The van der Waals surface area contributed by atoms with Crippen LogP contribution in [0.25, 0.3) is 0 Å². The number of halogens is 1. The standard InChI is InChI=1S/C10H15IO7/c1-17-10(16)6-2-4(12)7(14)9(18-6)8(15)5(13)3-11/h2,4-5,7-9,12-15H,3H2,1H3/t4-,5+,7+,8+,9+/m0/s1. The number of hydrogen-bond acceptors (Lipinski definition) is 7. The Bertz CT molecular complexity index is 332. The summed E-state index contributed by atoms with van der Waals surface area (Å²) in [5.74, 6) is -1.14. The van der Waals surface area contributed by atoms with Gasteiger partial charge in [0.15, 0.2) is 6.10 Å². The van der Waals surface area contributed by atoms with E-state index < -0.39 is 36.5 Å².